The summed E-state index contributed by atoms with van der Waals surface area (Å²) >= 11 is 0. The van der Waals surface area contributed by atoms with Crippen molar-refractivity contribution in [3.8, 4) is 16.9 Å². The van der Waals surface area contributed by atoms with Crippen LogP contribution in [0.2, 0.25) is 0 Å². The number of hydrogen-bond donors (Lipinski definition) is 0. The van der Waals surface area contributed by atoms with E-state index in [-0.39, 0.29) is 17.0 Å². The van der Waals surface area contributed by atoms with Crippen molar-refractivity contribution in [3.63, 3.8) is 0 Å². The summed E-state index contributed by atoms with van der Waals surface area (Å²) in [5.74, 6) is -0.0918. The van der Waals surface area contributed by atoms with Crippen LogP contribution in [0.15, 0.2) is 72.8 Å². The number of nitro groups is 1. The highest BCUT2D eigenvalue weighted by Gasteiger charge is 2.12. The second kappa shape index (κ2) is 8.93. The molecule has 0 atom stereocenters. The number of hydrogen-bond acceptors (Lipinski definition) is 5. The Balaban J connectivity index is 1.67. The second-order valence-corrected chi connectivity index (χ2v) is 6.47. The van der Waals surface area contributed by atoms with Crippen molar-refractivity contribution < 1.29 is 19.2 Å². The lowest BCUT2D eigenvalue weighted by Gasteiger charge is -2.07. The number of carbonyl (C=O) groups excluding carboxylic acids is 2. The Hall–Kier alpha value is -3.80. The third-order valence-corrected chi connectivity index (χ3v) is 4.40. The average Bonchev–Trinajstić information content (AvgIpc) is 2.74. The summed E-state index contributed by atoms with van der Waals surface area (Å²) in [6.07, 6.45) is 1.36. The Morgan fingerprint density at radius 2 is 1.34 bits per heavy atom. The largest absolute Gasteiger partial charge is 0.423 e. The van der Waals surface area contributed by atoms with Gasteiger partial charge in [0.25, 0.3) is 5.69 Å². The zero-order valence-electron chi connectivity index (χ0n) is 15.8. The van der Waals surface area contributed by atoms with Crippen LogP contribution in [0.25, 0.3) is 11.1 Å². The van der Waals surface area contributed by atoms with Gasteiger partial charge in [-0.15, -0.1) is 0 Å². The van der Waals surface area contributed by atoms with Crippen LogP contribution in [-0.4, -0.2) is 16.7 Å². The van der Waals surface area contributed by atoms with Gasteiger partial charge in [-0.1, -0.05) is 43.3 Å². The maximum absolute atomic E-state index is 12.2. The first-order valence-corrected chi connectivity index (χ1v) is 9.18. The van der Waals surface area contributed by atoms with Crippen LogP contribution in [0, 0.1) is 10.1 Å². The van der Waals surface area contributed by atoms with Crippen molar-refractivity contribution in [1.82, 2.24) is 0 Å². The molecule has 0 N–H and O–H groups in total. The van der Waals surface area contributed by atoms with E-state index < -0.39 is 10.9 Å². The predicted molar refractivity (Wildman–Crippen MR) is 109 cm³/mol. The standard InChI is InChI=1S/C23H19NO5/c1-2-3-22(25)18-6-4-16(5-7-18)17-10-14-21(15-11-17)29-23(26)19-8-12-20(13-9-19)24(27)28/h4-15H,2-3H2,1H3. The van der Waals surface area contributed by atoms with E-state index in [4.69, 9.17) is 4.74 Å². The Labute approximate surface area is 167 Å². The smallest absolute Gasteiger partial charge is 0.343 e. The van der Waals surface area contributed by atoms with Gasteiger partial charge in [0.05, 0.1) is 10.5 Å². The number of carbonyl (C=O) groups is 2. The predicted octanol–water partition coefficient (Wildman–Crippen LogP) is 5.46. The number of benzene rings is 3. The lowest BCUT2D eigenvalue weighted by Crippen LogP contribution is -2.08. The van der Waals surface area contributed by atoms with E-state index in [1.54, 1.807) is 12.1 Å². The molecule has 3 rings (SSSR count). The van der Waals surface area contributed by atoms with Crippen LogP contribution >= 0.6 is 0 Å². The van der Waals surface area contributed by atoms with Crippen LogP contribution in [0.1, 0.15) is 40.5 Å². The second-order valence-electron chi connectivity index (χ2n) is 6.47. The molecule has 0 aliphatic heterocycles. The summed E-state index contributed by atoms with van der Waals surface area (Å²) in [7, 11) is 0. The number of nitro benzene ring substituents is 1. The van der Waals surface area contributed by atoms with Crippen LogP contribution < -0.4 is 4.74 Å². The summed E-state index contributed by atoms with van der Waals surface area (Å²) in [6, 6.07) is 19.6. The van der Waals surface area contributed by atoms with E-state index in [1.165, 1.54) is 24.3 Å². The highest BCUT2D eigenvalue weighted by Crippen LogP contribution is 2.24. The van der Waals surface area contributed by atoms with Gasteiger partial charge in [0.1, 0.15) is 5.75 Å². The molecule has 0 amide bonds. The number of rotatable bonds is 7. The fourth-order valence-electron chi connectivity index (χ4n) is 2.82. The molecule has 0 heterocycles. The van der Waals surface area contributed by atoms with Crippen LogP contribution in [-0.2, 0) is 0 Å². The molecule has 0 aliphatic carbocycles. The summed E-state index contributed by atoms with van der Waals surface area (Å²) in [4.78, 5) is 34.3. The summed E-state index contributed by atoms with van der Waals surface area (Å²) in [6.45, 7) is 1.97. The fourth-order valence-corrected chi connectivity index (χ4v) is 2.82. The van der Waals surface area contributed by atoms with Crippen LogP contribution in [0.3, 0.4) is 0 Å². The first-order valence-electron chi connectivity index (χ1n) is 9.18. The van der Waals surface area contributed by atoms with Crippen molar-refractivity contribution in [3.05, 3.63) is 94.0 Å². The van der Waals surface area contributed by atoms with Gasteiger partial charge >= 0.3 is 5.97 Å². The molecule has 0 bridgehead atoms. The van der Waals surface area contributed by atoms with Gasteiger partial charge in [-0.2, -0.15) is 0 Å². The van der Waals surface area contributed by atoms with Gasteiger partial charge in [-0.25, -0.2) is 4.79 Å². The Morgan fingerprint density at radius 1 is 0.828 bits per heavy atom. The number of ketones is 1. The summed E-state index contributed by atoms with van der Waals surface area (Å²) in [5, 5.41) is 10.7. The maximum Gasteiger partial charge on any atom is 0.343 e. The van der Waals surface area contributed by atoms with Gasteiger partial charge in [0.15, 0.2) is 5.78 Å². The zero-order valence-corrected chi connectivity index (χ0v) is 15.8. The molecule has 6 nitrogen and oxygen atoms in total. The molecule has 3 aromatic rings. The highest BCUT2D eigenvalue weighted by atomic mass is 16.6. The van der Waals surface area contributed by atoms with Crippen molar-refractivity contribution >= 4 is 17.4 Å². The molecule has 6 heteroatoms. The van der Waals surface area contributed by atoms with E-state index in [2.05, 4.69) is 0 Å². The lowest BCUT2D eigenvalue weighted by molar-refractivity contribution is -0.384. The monoisotopic (exact) mass is 389 g/mol. The van der Waals surface area contributed by atoms with Crippen LogP contribution in [0.4, 0.5) is 5.69 Å². The minimum Gasteiger partial charge on any atom is -0.423 e. The average molecular weight is 389 g/mol. The fraction of sp³-hybridized carbons (Fsp3) is 0.130. The summed E-state index contributed by atoms with van der Waals surface area (Å²) < 4.78 is 5.32. The molecule has 0 saturated heterocycles. The van der Waals surface area contributed by atoms with Crippen molar-refractivity contribution in [2.75, 3.05) is 0 Å². The van der Waals surface area contributed by atoms with E-state index in [1.807, 2.05) is 43.3 Å². The van der Waals surface area contributed by atoms with Gasteiger partial charge in [-0.05, 0) is 41.8 Å². The first-order chi connectivity index (χ1) is 14.0. The van der Waals surface area contributed by atoms with Crippen molar-refractivity contribution in [2.24, 2.45) is 0 Å². The van der Waals surface area contributed by atoms with Crippen molar-refractivity contribution in [2.45, 2.75) is 19.8 Å². The highest BCUT2D eigenvalue weighted by molar-refractivity contribution is 5.96. The SMILES string of the molecule is CCCC(=O)c1ccc(-c2ccc(OC(=O)c3ccc([N+](=O)[O-])cc3)cc2)cc1. The molecular formula is C23H19NO5. The number of nitrogens with zero attached hydrogens (tertiary/aromatic N) is 1. The third-order valence-electron chi connectivity index (χ3n) is 4.40. The van der Waals surface area contributed by atoms with Gasteiger partial charge < -0.3 is 4.74 Å². The molecule has 0 saturated carbocycles. The lowest BCUT2D eigenvalue weighted by atomic mass is 10.0. The molecule has 29 heavy (non-hydrogen) atoms. The van der Waals surface area contributed by atoms with Gasteiger partial charge in [0, 0.05) is 24.1 Å². The molecule has 146 valence electrons. The third kappa shape index (κ3) is 4.93. The molecular weight excluding hydrogens is 370 g/mol. The quantitative estimate of drug-likeness (QED) is 0.176. The first kappa shape index (κ1) is 19.9. The minimum atomic E-state index is -0.591. The Kier molecular flexibility index (Phi) is 6.14. The van der Waals surface area contributed by atoms with Crippen molar-refractivity contribution in [1.29, 1.82) is 0 Å². The van der Waals surface area contributed by atoms with Gasteiger partial charge in [-0.3, -0.25) is 14.9 Å². The minimum absolute atomic E-state index is 0.0895. The Morgan fingerprint density at radius 3 is 1.86 bits per heavy atom. The summed E-state index contributed by atoms with van der Waals surface area (Å²) in [5.41, 5.74) is 2.71. The maximum atomic E-state index is 12.2. The molecule has 0 fully saturated rings. The normalized spacial score (nSPS) is 10.4. The molecule has 0 radical (unpaired) electrons. The molecule has 0 aromatic heterocycles. The number of esters is 1. The van der Waals surface area contributed by atoms with E-state index in [0.29, 0.717) is 17.7 Å². The number of Topliss-reactive ketones (excluding diaryl/α,β-unsaturated/α-hetero) is 1. The number of ether oxygens (including phenoxy) is 1. The molecule has 0 aliphatic rings. The molecule has 0 spiro atoms. The number of non-ortho nitro benzene ring substituents is 1. The van der Waals surface area contributed by atoms with E-state index >= 15 is 0 Å². The van der Waals surface area contributed by atoms with E-state index in [0.717, 1.165) is 17.5 Å². The molecule has 3 aromatic carbocycles. The van der Waals surface area contributed by atoms with Gasteiger partial charge in [0.2, 0.25) is 0 Å². The van der Waals surface area contributed by atoms with E-state index in [9.17, 15) is 19.7 Å². The molecule has 0 unspecified atom stereocenters. The Bertz CT molecular complexity index is 1020. The van der Waals surface area contributed by atoms with Crippen LogP contribution in [0.5, 0.6) is 5.75 Å². The topological polar surface area (TPSA) is 86.5 Å². The zero-order chi connectivity index (χ0) is 20.8.